The molecule has 0 unspecified atom stereocenters. The van der Waals surface area contributed by atoms with Gasteiger partial charge in [-0.05, 0) is 26.2 Å². The van der Waals surface area contributed by atoms with Crippen LogP contribution in [0.4, 0.5) is 0 Å². The maximum atomic E-state index is 11.0. The Morgan fingerprint density at radius 1 is 1.60 bits per heavy atom. The number of ether oxygens (including phenoxy) is 1. The fraction of sp³-hybridized carbons (Fsp3) is 0.727. The van der Waals surface area contributed by atoms with Crippen LogP contribution in [-0.4, -0.2) is 36.9 Å². The first-order chi connectivity index (χ1) is 7.07. The molecule has 15 heavy (non-hydrogen) atoms. The van der Waals surface area contributed by atoms with Crippen LogP contribution < -0.4 is 5.32 Å². The summed E-state index contributed by atoms with van der Waals surface area (Å²) in [6, 6.07) is 0. The Bertz CT molecular complexity index is 257. The second kappa shape index (κ2) is 5.28. The second-order valence-electron chi connectivity index (χ2n) is 4.09. The number of rotatable bonds is 5. The summed E-state index contributed by atoms with van der Waals surface area (Å²) in [5, 5.41) is 12.9. The SMILES string of the molecule is COC(=O)C(C)=CCNCC1(O)CCC1. The van der Waals surface area contributed by atoms with E-state index in [1.807, 2.05) is 0 Å². The number of nitrogens with one attached hydrogen (secondary N) is 1. The Labute approximate surface area is 90.3 Å². The summed E-state index contributed by atoms with van der Waals surface area (Å²) in [5.41, 5.74) is 0.0816. The third-order valence-corrected chi connectivity index (χ3v) is 2.80. The molecule has 2 N–H and O–H groups in total. The van der Waals surface area contributed by atoms with E-state index in [4.69, 9.17) is 0 Å². The van der Waals surface area contributed by atoms with Gasteiger partial charge in [-0.25, -0.2) is 4.79 Å². The van der Waals surface area contributed by atoms with Crippen molar-refractivity contribution in [1.29, 1.82) is 0 Å². The fourth-order valence-corrected chi connectivity index (χ4v) is 1.54. The van der Waals surface area contributed by atoms with E-state index in [9.17, 15) is 9.90 Å². The molecule has 0 bridgehead atoms. The van der Waals surface area contributed by atoms with Crippen molar-refractivity contribution in [3.8, 4) is 0 Å². The number of carbonyl (C=O) groups excluding carboxylic acids is 1. The first-order valence-electron chi connectivity index (χ1n) is 5.25. The first-order valence-corrected chi connectivity index (χ1v) is 5.25. The van der Waals surface area contributed by atoms with Crippen LogP contribution in [-0.2, 0) is 9.53 Å². The van der Waals surface area contributed by atoms with Gasteiger partial charge in [-0.15, -0.1) is 0 Å². The molecule has 0 heterocycles. The van der Waals surface area contributed by atoms with E-state index in [0.717, 1.165) is 19.3 Å². The molecule has 0 radical (unpaired) electrons. The Morgan fingerprint density at radius 3 is 2.73 bits per heavy atom. The Hall–Kier alpha value is -0.870. The van der Waals surface area contributed by atoms with E-state index in [-0.39, 0.29) is 5.97 Å². The molecule has 1 saturated carbocycles. The number of hydrogen-bond acceptors (Lipinski definition) is 4. The molecule has 0 aliphatic heterocycles. The van der Waals surface area contributed by atoms with Crippen LogP contribution in [0.25, 0.3) is 0 Å². The summed E-state index contributed by atoms with van der Waals surface area (Å²) in [4.78, 5) is 11.0. The molecule has 0 aromatic heterocycles. The molecule has 4 heteroatoms. The van der Waals surface area contributed by atoms with Gasteiger partial charge in [0.05, 0.1) is 12.7 Å². The van der Waals surface area contributed by atoms with E-state index in [2.05, 4.69) is 10.1 Å². The molecular weight excluding hydrogens is 194 g/mol. The smallest absolute Gasteiger partial charge is 0.333 e. The molecule has 0 spiro atoms. The minimum Gasteiger partial charge on any atom is -0.466 e. The number of carbonyl (C=O) groups is 1. The van der Waals surface area contributed by atoms with Gasteiger partial charge < -0.3 is 15.2 Å². The van der Waals surface area contributed by atoms with Crippen LogP contribution >= 0.6 is 0 Å². The lowest BCUT2D eigenvalue weighted by Crippen LogP contribution is -2.46. The predicted molar refractivity (Wildman–Crippen MR) is 57.4 cm³/mol. The minimum absolute atomic E-state index is 0.306. The lowest BCUT2D eigenvalue weighted by atomic mass is 9.80. The molecule has 86 valence electrons. The van der Waals surface area contributed by atoms with Gasteiger partial charge in [-0.2, -0.15) is 0 Å². The lowest BCUT2D eigenvalue weighted by molar-refractivity contribution is -0.136. The monoisotopic (exact) mass is 213 g/mol. The molecular formula is C11H19NO3. The van der Waals surface area contributed by atoms with Gasteiger partial charge in [-0.1, -0.05) is 6.08 Å². The van der Waals surface area contributed by atoms with Crippen molar-refractivity contribution in [1.82, 2.24) is 5.32 Å². The van der Waals surface area contributed by atoms with Gasteiger partial charge in [0.25, 0.3) is 0 Å². The van der Waals surface area contributed by atoms with Crippen molar-refractivity contribution < 1.29 is 14.6 Å². The Balaban J connectivity index is 2.17. The van der Waals surface area contributed by atoms with Gasteiger partial charge in [0.15, 0.2) is 0 Å². The first kappa shape index (κ1) is 12.2. The van der Waals surface area contributed by atoms with E-state index in [1.165, 1.54) is 7.11 Å². The second-order valence-corrected chi connectivity index (χ2v) is 4.09. The highest BCUT2D eigenvalue weighted by Crippen LogP contribution is 2.30. The summed E-state index contributed by atoms with van der Waals surface area (Å²) in [6.45, 7) is 2.90. The molecule has 0 aromatic carbocycles. The molecule has 1 rings (SSSR count). The molecule has 0 atom stereocenters. The van der Waals surface area contributed by atoms with Gasteiger partial charge in [0, 0.05) is 18.7 Å². The normalized spacial score (nSPS) is 19.5. The number of hydrogen-bond donors (Lipinski definition) is 2. The van der Waals surface area contributed by atoms with Crippen molar-refractivity contribution in [2.24, 2.45) is 0 Å². The quantitative estimate of drug-likeness (QED) is 0.399. The van der Waals surface area contributed by atoms with Crippen molar-refractivity contribution in [2.75, 3.05) is 20.2 Å². The third kappa shape index (κ3) is 3.64. The number of esters is 1. The molecule has 0 aromatic rings. The summed E-state index contributed by atoms with van der Waals surface area (Å²) in [5.74, 6) is -0.306. The summed E-state index contributed by atoms with van der Waals surface area (Å²) >= 11 is 0. The van der Waals surface area contributed by atoms with Crippen LogP contribution in [0.2, 0.25) is 0 Å². The standard InChI is InChI=1S/C11H19NO3/c1-9(10(13)15-2)4-7-12-8-11(14)5-3-6-11/h4,12,14H,3,5-8H2,1-2H3. The van der Waals surface area contributed by atoms with Crippen molar-refractivity contribution in [2.45, 2.75) is 31.8 Å². The van der Waals surface area contributed by atoms with Crippen molar-refractivity contribution >= 4 is 5.97 Å². The maximum Gasteiger partial charge on any atom is 0.333 e. The summed E-state index contributed by atoms with van der Waals surface area (Å²) < 4.78 is 4.56. The summed E-state index contributed by atoms with van der Waals surface area (Å²) in [6.07, 6.45) is 4.63. The van der Waals surface area contributed by atoms with E-state index < -0.39 is 5.60 Å². The Kier molecular flexibility index (Phi) is 4.29. The molecule has 1 aliphatic carbocycles. The zero-order valence-corrected chi connectivity index (χ0v) is 9.38. The molecule has 4 nitrogen and oxygen atoms in total. The zero-order valence-electron chi connectivity index (χ0n) is 9.38. The van der Waals surface area contributed by atoms with Crippen LogP contribution in [0, 0.1) is 0 Å². The van der Waals surface area contributed by atoms with Crippen LogP contribution in [0.3, 0.4) is 0 Å². The number of methoxy groups -OCH3 is 1. The summed E-state index contributed by atoms with van der Waals surface area (Å²) in [7, 11) is 1.37. The Morgan fingerprint density at radius 2 is 2.27 bits per heavy atom. The highest BCUT2D eigenvalue weighted by molar-refractivity contribution is 5.87. The van der Waals surface area contributed by atoms with Crippen LogP contribution in [0.5, 0.6) is 0 Å². The van der Waals surface area contributed by atoms with E-state index >= 15 is 0 Å². The average molecular weight is 213 g/mol. The highest BCUT2D eigenvalue weighted by Gasteiger charge is 2.33. The molecule has 0 saturated heterocycles. The van der Waals surface area contributed by atoms with Gasteiger partial charge in [-0.3, -0.25) is 0 Å². The molecule has 1 fully saturated rings. The highest BCUT2D eigenvalue weighted by atomic mass is 16.5. The lowest BCUT2D eigenvalue weighted by Gasteiger charge is -2.36. The maximum absolute atomic E-state index is 11.0. The number of aliphatic hydroxyl groups is 1. The largest absolute Gasteiger partial charge is 0.466 e. The topological polar surface area (TPSA) is 58.6 Å². The van der Waals surface area contributed by atoms with Crippen molar-refractivity contribution in [3.63, 3.8) is 0 Å². The predicted octanol–water partition coefficient (Wildman–Crippen LogP) is 0.610. The molecule has 1 aliphatic rings. The van der Waals surface area contributed by atoms with Crippen molar-refractivity contribution in [3.05, 3.63) is 11.6 Å². The van der Waals surface area contributed by atoms with Gasteiger partial charge in [0.2, 0.25) is 0 Å². The van der Waals surface area contributed by atoms with E-state index in [0.29, 0.717) is 18.7 Å². The van der Waals surface area contributed by atoms with Crippen LogP contribution in [0.15, 0.2) is 11.6 Å². The minimum atomic E-state index is -0.507. The zero-order chi connectivity index (χ0) is 11.3. The van der Waals surface area contributed by atoms with Gasteiger partial charge in [0.1, 0.15) is 0 Å². The van der Waals surface area contributed by atoms with Crippen LogP contribution in [0.1, 0.15) is 26.2 Å². The average Bonchev–Trinajstić information content (AvgIpc) is 2.20. The van der Waals surface area contributed by atoms with Gasteiger partial charge >= 0.3 is 5.97 Å². The third-order valence-electron chi connectivity index (χ3n) is 2.80. The fourth-order valence-electron chi connectivity index (χ4n) is 1.54. The van der Waals surface area contributed by atoms with E-state index in [1.54, 1.807) is 13.0 Å². The molecule has 0 amide bonds.